The van der Waals surface area contributed by atoms with E-state index in [9.17, 15) is 0 Å². The quantitative estimate of drug-likeness (QED) is 0.459. The molecule has 2 N–H and O–H groups in total. The zero-order valence-corrected chi connectivity index (χ0v) is 15.2. The highest BCUT2D eigenvalue weighted by Gasteiger charge is 2.33. The second kappa shape index (κ2) is 7.67. The molecule has 0 aliphatic heterocycles. The average Bonchev–Trinajstić information content (AvgIpc) is 3.02. The molecule has 4 nitrogen and oxygen atoms in total. The molecule has 0 radical (unpaired) electrons. The number of hydrogen-bond donors (Lipinski definition) is 2. The van der Waals surface area contributed by atoms with E-state index < -0.39 is 0 Å². The number of aliphatic imine (C=N–C) groups is 1. The van der Waals surface area contributed by atoms with Crippen LogP contribution in [0.3, 0.4) is 0 Å². The first-order valence-electron chi connectivity index (χ1n) is 7.37. The number of nitrogens with one attached hydrogen (secondary N) is 2. The van der Waals surface area contributed by atoms with E-state index in [4.69, 9.17) is 4.42 Å². The molecular formula is C17H22IN3O. The van der Waals surface area contributed by atoms with Crippen molar-refractivity contribution in [2.75, 3.05) is 7.05 Å². The van der Waals surface area contributed by atoms with E-state index >= 15 is 0 Å². The highest BCUT2D eigenvalue weighted by atomic mass is 127. The normalized spacial score (nSPS) is 20.2. The summed E-state index contributed by atoms with van der Waals surface area (Å²) in [4.78, 5) is 4.24. The van der Waals surface area contributed by atoms with Gasteiger partial charge in [-0.2, -0.15) is 0 Å². The second-order valence-corrected chi connectivity index (χ2v) is 5.52. The lowest BCUT2D eigenvalue weighted by atomic mass is 10.2. The van der Waals surface area contributed by atoms with Gasteiger partial charge in [0.05, 0.1) is 6.54 Å². The SMILES string of the molecule is CN=C(NCc1ccc(-c2ccccc2)o1)NC1CC1C.I. The van der Waals surface area contributed by atoms with Gasteiger partial charge in [-0.15, -0.1) is 24.0 Å². The lowest BCUT2D eigenvalue weighted by Crippen LogP contribution is -2.38. The van der Waals surface area contributed by atoms with Gasteiger partial charge in [0.25, 0.3) is 0 Å². The first kappa shape index (κ1) is 16.9. The summed E-state index contributed by atoms with van der Waals surface area (Å²) in [6.45, 7) is 2.87. The molecule has 1 heterocycles. The third-order valence-electron chi connectivity index (χ3n) is 3.81. The van der Waals surface area contributed by atoms with Gasteiger partial charge in [0.2, 0.25) is 0 Å². The molecule has 1 aliphatic rings. The standard InChI is InChI=1S/C17H21N3O.HI/c1-12-10-15(12)20-17(18-2)19-11-14-8-9-16(21-14)13-6-4-3-5-7-13;/h3-9,12,15H,10-11H2,1-2H3,(H2,18,19,20);1H. The summed E-state index contributed by atoms with van der Waals surface area (Å²) >= 11 is 0. The van der Waals surface area contributed by atoms with Gasteiger partial charge in [-0.1, -0.05) is 37.3 Å². The van der Waals surface area contributed by atoms with Crippen molar-refractivity contribution in [2.45, 2.75) is 25.9 Å². The third kappa shape index (κ3) is 4.25. The summed E-state index contributed by atoms with van der Waals surface area (Å²) < 4.78 is 5.86. The maximum atomic E-state index is 5.86. The topological polar surface area (TPSA) is 49.6 Å². The first-order chi connectivity index (χ1) is 10.3. The molecule has 118 valence electrons. The number of hydrogen-bond acceptors (Lipinski definition) is 2. The minimum absolute atomic E-state index is 0. The molecule has 2 atom stereocenters. The second-order valence-electron chi connectivity index (χ2n) is 5.52. The Morgan fingerprint density at radius 3 is 2.59 bits per heavy atom. The Labute approximate surface area is 148 Å². The predicted molar refractivity (Wildman–Crippen MR) is 100 cm³/mol. The van der Waals surface area contributed by atoms with Gasteiger partial charge in [0.15, 0.2) is 5.96 Å². The molecule has 2 unspecified atom stereocenters. The van der Waals surface area contributed by atoms with Crippen molar-refractivity contribution in [1.29, 1.82) is 0 Å². The minimum Gasteiger partial charge on any atom is -0.459 e. The van der Waals surface area contributed by atoms with Crippen molar-refractivity contribution in [3.63, 3.8) is 0 Å². The Hall–Kier alpha value is -1.50. The molecule has 0 bridgehead atoms. The monoisotopic (exact) mass is 411 g/mol. The highest BCUT2D eigenvalue weighted by molar-refractivity contribution is 14.0. The summed E-state index contributed by atoms with van der Waals surface area (Å²) in [5.41, 5.74) is 1.10. The van der Waals surface area contributed by atoms with Crippen LogP contribution >= 0.6 is 24.0 Å². The molecule has 0 spiro atoms. The minimum atomic E-state index is 0. The molecule has 1 aliphatic carbocycles. The van der Waals surface area contributed by atoms with Crippen LogP contribution in [0.1, 0.15) is 19.1 Å². The molecule has 2 aromatic rings. The Morgan fingerprint density at radius 2 is 1.95 bits per heavy atom. The van der Waals surface area contributed by atoms with Crippen LogP contribution in [0, 0.1) is 5.92 Å². The molecule has 5 heteroatoms. The summed E-state index contributed by atoms with van der Waals surface area (Å²) in [6, 6.07) is 14.7. The average molecular weight is 411 g/mol. The van der Waals surface area contributed by atoms with Crippen molar-refractivity contribution >= 4 is 29.9 Å². The van der Waals surface area contributed by atoms with Crippen molar-refractivity contribution in [3.8, 4) is 11.3 Å². The Bertz CT molecular complexity index is 624. The number of furan rings is 1. The van der Waals surface area contributed by atoms with Gasteiger partial charge in [0.1, 0.15) is 11.5 Å². The molecule has 22 heavy (non-hydrogen) atoms. The third-order valence-corrected chi connectivity index (χ3v) is 3.81. The number of nitrogens with zero attached hydrogens (tertiary/aromatic N) is 1. The lowest BCUT2D eigenvalue weighted by molar-refractivity contribution is 0.513. The molecule has 1 saturated carbocycles. The molecule has 1 aromatic carbocycles. The molecule has 1 aromatic heterocycles. The fourth-order valence-electron chi connectivity index (χ4n) is 2.29. The fraction of sp³-hybridized carbons (Fsp3) is 0.353. The van der Waals surface area contributed by atoms with Crippen molar-refractivity contribution in [3.05, 3.63) is 48.2 Å². The largest absolute Gasteiger partial charge is 0.459 e. The summed E-state index contributed by atoms with van der Waals surface area (Å²) in [6.07, 6.45) is 1.22. The molecular weight excluding hydrogens is 389 g/mol. The van der Waals surface area contributed by atoms with Crippen molar-refractivity contribution < 1.29 is 4.42 Å². The van der Waals surface area contributed by atoms with Crippen LogP contribution in [0.25, 0.3) is 11.3 Å². The predicted octanol–water partition coefficient (Wildman–Crippen LogP) is 3.64. The van der Waals surface area contributed by atoms with Crippen LogP contribution in [0.5, 0.6) is 0 Å². The van der Waals surface area contributed by atoms with E-state index in [1.807, 2.05) is 42.5 Å². The smallest absolute Gasteiger partial charge is 0.191 e. The van der Waals surface area contributed by atoms with E-state index in [1.165, 1.54) is 6.42 Å². The zero-order chi connectivity index (χ0) is 14.7. The van der Waals surface area contributed by atoms with Gasteiger partial charge >= 0.3 is 0 Å². The van der Waals surface area contributed by atoms with E-state index in [0.717, 1.165) is 29.0 Å². The maximum absolute atomic E-state index is 5.86. The van der Waals surface area contributed by atoms with Gasteiger partial charge in [-0.05, 0) is 24.5 Å². The molecule has 3 rings (SSSR count). The van der Waals surface area contributed by atoms with E-state index in [0.29, 0.717) is 12.6 Å². The van der Waals surface area contributed by atoms with Gasteiger partial charge in [0, 0.05) is 18.7 Å². The maximum Gasteiger partial charge on any atom is 0.191 e. The lowest BCUT2D eigenvalue weighted by Gasteiger charge is -2.10. The Kier molecular flexibility index (Phi) is 5.88. The number of halogens is 1. The van der Waals surface area contributed by atoms with Gasteiger partial charge in [-0.25, -0.2) is 0 Å². The van der Waals surface area contributed by atoms with Crippen LogP contribution in [-0.2, 0) is 6.54 Å². The Balaban J connectivity index is 0.00000176. The number of guanidine groups is 1. The molecule has 1 fully saturated rings. The number of benzene rings is 1. The molecule has 0 saturated heterocycles. The van der Waals surface area contributed by atoms with Crippen LogP contribution in [0.15, 0.2) is 51.9 Å². The van der Waals surface area contributed by atoms with Crippen LogP contribution in [-0.4, -0.2) is 19.0 Å². The Morgan fingerprint density at radius 1 is 1.23 bits per heavy atom. The van der Waals surface area contributed by atoms with E-state index in [-0.39, 0.29) is 24.0 Å². The van der Waals surface area contributed by atoms with Gasteiger partial charge in [-0.3, -0.25) is 4.99 Å². The summed E-state index contributed by atoms with van der Waals surface area (Å²) in [7, 11) is 1.79. The summed E-state index contributed by atoms with van der Waals surface area (Å²) in [5.74, 6) is 3.38. The first-order valence-corrected chi connectivity index (χ1v) is 7.37. The highest BCUT2D eigenvalue weighted by Crippen LogP contribution is 2.28. The van der Waals surface area contributed by atoms with E-state index in [1.54, 1.807) is 7.05 Å². The van der Waals surface area contributed by atoms with E-state index in [2.05, 4.69) is 22.5 Å². The van der Waals surface area contributed by atoms with Crippen LogP contribution in [0.4, 0.5) is 0 Å². The molecule has 0 amide bonds. The fourth-order valence-corrected chi connectivity index (χ4v) is 2.29. The van der Waals surface area contributed by atoms with Crippen LogP contribution in [0.2, 0.25) is 0 Å². The van der Waals surface area contributed by atoms with Crippen molar-refractivity contribution in [1.82, 2.24) is 10.6 Å². The summed E-state index contributed by atoms with van der Waals surface area (Å²) in [5, 5.41) is 6.68. The zero-order valence-electron chi connectivity index (χ0n) is 12.9. The number of rotatable bonds is 4. The van der Waals surface area contributed by atoms with Gasteiger partial charge < -0.3 is 15.1 Å². The van der Waals surface area contributed by atoms with Crippen LogP contribution < -0.4 is 10.6 Å². The van der Waals surface area contributed by atoms with Crippen molar-refractivity contribution in [2.24, 2.45) is 10.9 Å².